The maximum absolute atomic E-state index is 4.68. The van der Waals surface area contributed by atoms with Crippen LogP contribution in [0.3, 0.4) is 0 Å². The standard InChI is InChI=1S/C5H5O.H2O/c1-2-4-6-5-3-1;/h1-5H;1H2/q+1;/p-1. The van der Waals surface area contributed by atoms with E-state index in [0.29, 0.717) is 0 Å². The van der Waals surface area contributed by atoms with Crippen molar-refractivity contribution in [2.24, 2.45) is 0 Å². The Kier molecular flexibility index (Phi) is 2.89. The summed E-state index contributed by atoms with van der Waals surface area (Å²) in [7, 11) is 0. The fourth-order valence-electron chi connectivity index (χ4n) is 0.291. The molecule has 1 rings (SSSR count). The molecule has 2 nitrogen and oxygen atoms in total. The predicted octanol–water partition coefficient (Wildman–Crippen LogP) is 1.38. The second-order valence-corrected chi connectivity index (χ2v) is 0.986. The molecule has 38 valence electrons. The van der Waals surface area contributed by atoms with Crippen LogP contribution in [0.5, 0.6) is 0 Å². The highest BCUT2D eigenvalue weighted by Gasteiger charge is 1.72. The van der Waals surface area contributed by atoms with Gasteiger partial charge in [0.2, 0.25) is 0 Å². The summed E-state index contributed by atoms with van der Waals surface area (Å²) in [6.45, 7) is 0. The Morgan fingerprint density at radius 1 is 0.857 bits per heavy atom. The largest absolute Gasteiger partial charge is 0.870 e. The fourth-order valence-corrected chi connectivity index (χ4v) is 0.291. The Morgan fingerprint density at radius 3 is 1.57 bits per heavy atom. The first-order chi connectivity index (χ1) is 3.00. The minimum atomic E-state index is 0. The molecule has 1 aromatic heterocycles. The summed E-state index contributed by atoms with van der Waals surface area (Å²) in [4.78, 5) is 0. The van der Waals surface area contributed by atoms with Crippen molar-refractivity contribution >= 4 is 0 Å². The van der Waals surface area contributed by atoms with E-state index in [9.17, 15) is 0 Å². The van der Waals surface area contributed by atoms with Gasteiger partial charge in [-0.3, -0.25) is 0 Å². The van der Waals surface area contributed by atoms with Crippen molar-refractivity contribution in [2.45, 2.75) is 0 Å². The van der Waals surface area contributed by atoms with E-state index in [0.717, 1.165) is 0 Å². The van der Waals surface area contributed by atoms with E-state index in [1.54, 1.807) is 12.5 Å². The quantitative estimate of drug-likeness (QED) is 0.460. The van der Waals surface area contributed by atoms with E-state index < -0.39 is 0 Å². The minimum Gasteiger partial charge on any atom is -0.870 e. The van der Waals surface area contributed by atoms with Gasteiger partial charge in [-0.05, 0) is 6.07 Å². The number of hydrogen-bond acceptors (Lipinski definition) is 1. The highest BCUT2D eigenvalue weighted by molar-refractivity contribution is 4.84. The van der Waals surface area contributed by atoms with Crippen LogP contribution in [-0.4, -0.2) is 5.48 Å². The first kappa shape index (κ1) is 6.11. The van der Waals surface area contributed by atoms with Gasteiger partial charge in [0.15, 0.2) is 0 Å². The molecule has 0 aliphatic carbocycles. The summed E-state index contributed by atoms with van der Waals surface area (Å²) in [5.41, 5.74) is 0. The van der Waals surface area contributed by atoms with Gasteiger partial charge in [0.05, 0.1) is 0 Å². The summed E-state index contributed by atoms with van der Waals surface area (Å²) in [6.07, 6.45) is 3.25. The Bertz CT molecular complexity index is 78.0. The number of hydrogen-bond donors (Lipinski definition) is 0. The van der Waals surface area contributed by atoms with E-state index >= 15 is 0 Å². The van der Waals surface area contributed by atoms with Crippen LogP contribution in [0.25, 0.3) is 0 Å². The molecule has 0 saturated carbocycles. The second-order valence-electron chi connectivity index (χ2n) is 0.986. The molecule has 0 radical (unpaired) electrons. The first-order valence-electron chi connectivity index (χ1n) is 1.80. The van der Waals surface area contributed by atoms with Crippen LogP contribution in [0, 0.1) is 0 Å². The molecule has 0 aliphatic heterocycles. The monoisotopic (exact) mass is 98.0 g/mol. The van der Waals surface area contributed by atoms with Crippen molar-refractivity contribution < 1.29 is 9.89 Å². The van der Waals surface area contributed by atoms with Crippen molar-refractivity contribution in [3.63, 3.8) is 0 Å². The lowest BCUT2D eigenvalue weighted by molar-refractivity contribution is 0.550. The molecular formula is C5H6O2. The van der Waals surface area contributed by atoms with Gasteiger partial charge in [-0.25, -0.2) is 4.42 Å². The topological polar surface area (TPSA) is 41.3 Å². The molecule has 0 amide bonds. The van der Waals surface area contributed by atoms with Gasteiger partial charge in [-0.15, -0.1) is 0 Å². The van der Waals surface area contributed by atoms with Gasteiger partial charge in [0.25, 0.3) is 0 Å². The molecular weight excluding hydrogens is 92.1 g/mol. The summed E-state index contributed by atoms with van der Waals surface area (Å²) in [6, 6.07) is 5.57. The highest BCUT2D eigenvalue weighted by Crippen LogP contribution is 1.79. The van der Waals surface area contributed by atoms with Crippen molar-refractivity contribution in [3.8, 4) is 0 Å². The second kappa shape index (κ2) is 3.31. The van der Waals surface area contributed by atoms with Crippen molar-refractivity contribution in [1.82, 2.24) is 0 Å². The third kappa shape index (κ3) is 1.89. The Balaban J connectivity index is 0.000000360. The third-order valence-corrected chi connectivity index (χ3v) is 0.536. The van der Waals surface area contributed by atoms with Gasteiger partial charge in [0, 0.05) is 12.1 Å². The smallest absolute Gasteiger partial charge is 0.317 e. The maximum Gasteiger partial charge on any atom is 0.317 e. The van der Waals surface area contributed by atoms with Gasteiger partial charge in [0.1, 0.15) is 0 Å². The lowest BCUT2D eigenvalue weighted by atomic mass is 10.6. The average molecular weight is 98.1 g/mol. The van der Waals surface area contributed by atoms with Crippen LogP contribution in [-0.2, 0) is 0 Å². The van der Waals surface area contributed by atoms with Crippen molar-refractivity contribution in [3.05, 3.63) is 30.7 Å². The summed E-state index contributed by atoms with van der Waals surface area (Å²) in [5, 5.41) is 0. The first-order valence-corrected chi connectivity index (χ1v) is 1.80. The summed E-state index contributed by atoms with van der Waals surface area (Å²) in [5.74, 6) is 0. The minimum absolute atomic E-state index is 0. The molecule has 0 fully saturated rings. The van der Waals surface area contributed by atoms with Crippen LogP contribution < -0.4 is 0 Å². The van der Waals surface area contributed by atoms with Gasteiger partial charge in [-0.1, -0.05) is 0 Å². The zero-order valence-corrected chi connectivity index (χ0v) is 3.74. The SMILES string of the molecule is [OH-].c1cc[o+]cc1. The van der Waals surface area contributed by atoms with E-state index in [1.165, 1.54) is 0 Å². The lowest BCUT2D eigenvalue weighted by Crippen LogP contribution is -1.47. The van der Waals surface area contributed by atoms with Crippen molar-refractivity contribution in [2.75, 3.05) is 0 Å². The predicted molar refractivity (Wildman–Crippen MR) is 25.1 cm³/mol. The van der Waals surface area contributed by atoms with E-state index in [-0.39, 0.29) is 5.48 Å². The van der Waals surface area contributed by atoms with Crippen LogP contribution in [0.15, 0.2) is 35.1 Å². The molecule has 0 spiro atoms. The van der Waals surface area contributed by atoms with Crippen molar-refractivity contribution in [1.29, 1.82) is 0 Å². The molecule has 2 heteroatoms. The molecule has 0 saturated heterocycles. The van der Waals surface area contributed by atoms with Gasteiger partial charge in [-0.2, -0.15) is 0 Å². The summed E-state index contributed by atoms with van der Waals surface area (Å²) < 4.78 is 4.68. The molecule has 1 aromatic rings. The van der Waals surface area contributed by atoms with Gasteiger partial charge < -0.3 is 5.48 Å². The van der Waals surface area contributed by atoms with Gasteiger partial charge >= 0.3 is 12.5 Å². The van der Waals surface area contributed by atoms with Crippen LogP contribution in [0.2, 0.25) is 0 Å². The van der Waals surface area contributed by atoms with E-state index in [4.69, 9.17) is 0 Å². The van der Waals surface area contributed by atoms with Crippen LogP contribution in [0.4, 0.5) is 0 Å². The normalized spacial score (nSPS) is 6.86. The molecule has 0 bridgehead atoms. The Morgan fingerprint density at radius 2 is 1.43 bits per heavy atom. The van der Waals surface area contributed by atoms with Crippen LogP contribution >= 0.6 is 0 Å². The molecule has 7 heavy (non-hydrogen) atoms. The molecule has 0 aliphatic rings. The average Bonchev–Trinajstić information content (AvgIpc) is 1.72. The maximum atomic E-state index is 4.68. The molecule has 0 unspecified atom stereocenters. The van der Waals surface area contributed by atoms with E-state index in [1.807, 2.05) is 18.2 Å². The summed E-state index contributed by atoms with van der Waals surface area (Å²) >= 11 is 0. The third-order valence-electron chi connectivity index (χ3n) is 0.536. The Labute approximate surface area is 41.7 Å². The molecule has 1 heterocycles. The zero-order valence-electron chi connectivity index (χ0n) is 3.74. The lowest BCUT2D eigenvalue weighted by Gasteiger charge is -1.57. The molecule has 0 atom stereocenters. The molecule has 1 N–H and O–H groups in total. The zero-order chi connectivity index (χ0) is 4.24. The van der Waals surface area contributed by atoms with E-state index in [2.05, 4.69) is 4.42 Å². The van der Waals surface area contributed by atoms with Crippen LogP contribution in [0.1, 0.15) is 0 Å². The number of rotatable bonds is 0. The fraction of sp³-hybridized carbons (Fsp3) is 0. The molecule has 0 aromatic carbocycles. The highest BCUT2D eigenvalue weighted by atomic mass is 16.3. The Hall–Kier alpha value is -0.890.